The van der Waals surface area contributed by atoms with Crippen LogP contribution in [0.5, 0.6) is 5.75 Å². The third kappa shape index (κ3) is 6.23. The molecule has 10 heteroatoms. The van der Waals surface area contributed by atoms with Gasteiger partial charge < -0.3 is 20.7 Å². The first kappa shape index (κ1) is 24.5. The summed E-state index contributed by atoms with van der Waals surface area (Å²) < 4.78 is 32.3. The van der Waals surface area contributed by atoms with E-state index in [1.165, 1.54) is 23.5 Å². The van der Waals surface area contributed by atoms with E-state index in [4.69, 9.17) is 4.74 Å². The topological polar surface area (TPSA) is 117 Å². The highest BCUT2D eigenvalue weighted by molar-refractivity contribution is 7.89. The minimum atomic E-state index is -3.63. The summed E-state index contributed by atoms with van der Waals surface area (Å²) in [7, 11) is -2.11. The van der Waals surface area contributed by atoms with Crippen LogP contribution >= 0.6 is 0 Å². The normalized spacial score (nSPS) is 15.2. The van der Waals surface area contributed by atoms with E-state index < -0.39 is 10.0 Å². The van der Waals surface area contributed by atoms with Gasteiger partial charge in [0, 0.05) is 25.0 Å². The molecule has 3 amide bonds. The lowest BCUT2D eigenvalue weighted by atomic mass is 9.97. The van der Waals surface area contributed by atoms with Gasteiger partial charge in [-0.05, 0) is 63.1 Å². The molecule has 1 saturated heterocycles. The highest BCUT2D eigenvalue weighted by atomic mass is 32.2. The van der Waals surface area contributed by atoms with Crippen molar-refractivity contribution in [2.24, 2.45) is 5.92 Å². The maximum atomic E-state index is 12.9. The van der Waals surface area contributed by atoms with Gasteiger partial charge in [-0.25, -0.2) is 13.2 Å². The van der Waals surface area contributed by atoms with Gasteiger partial charge in [-0.1, -0.05) is 12.1 Å². The molecule has 1 aliphatic rings. The Balaban J connectivity index is 1.60. The number of hydrogen-bond acceptors (Lipinski definition) is 5. The van der Waals surface area contributed by atoms with Gasteiger partial charge in [-0.2, -0.15) is 4.31 Å². The van der Waals surface area contributed by atoms with Crippen LogP contribution < -0.4 is 20.7 Å². The van der Waals surface area contributed by atoms with Crippen LogP contribution in [0.15, 0.2) is 53.4 Å². The molecule has 0 bridgehead atoms. The summed E-state index contributed by atoms with van der Waals surface area (Å²) in [4.78, 5) is 25.1. The number of nitrogens with zero attached hydrogens (tertiary/aromatic N) is 1. The number of carbonyl (C=O) groups excluding carboxylic acids is 2. The summed E-state index contributed by atoms with van der Waals surface area (Å²) in [6.07, 6.45) is 0.815. The van der Waals surface area contributed by atoms with Crippen molar-refractivity contribution in [3.05, 3.63) is 48.5 Å². The molecule has 0 unspecified atom stereocenters. The Morgan fingerprint density at radius 2 is 1.55 bits per heavy atom. The fourth-order valence-electron chi connectivity index (χ4n) is 3.61. The molecule has 1 heterocycles. The molecule has 1 fully saturated rings. The second kappa shape index (κ2) is 10.7. The zero-order valence-corrected chi connectivity index (χ0v) is 19.8. The minimum Gasteiger partial charge on any atom is -0.497 e. The molecular weight excluding hydrogens is 444 g/mol. The number of anilines is 2. The average molecular weight is 475 g/mol. The van der Waals surface area contributed by atoms with E-state index in [1.807, 2.05) is 13.8 Å². The average Bonchev–Trinajstić information content (AvgIpc) is 2.80. The van der Waals surface area contributed by atoms with Crippen LogP contribution in [0.4, 0.5) is 16.2 Å². The van der Waals surface area contributed by atoms with Crippen LogP contribution in [0.3, 0.4) is 0 Å². The van der Waals surface area contributed by atoms with E-state index in [-0.39, 0.29) is 41.9 Å². The molecule has 0 spiro atoms. The Morgan fingerprint density at radius 1 is 0.970 bits per heavy atom. The molecule has 0 aliphatic carbocycles. The number of carbonyl (C=O) groups is 2. The molecule has 1 aliphatic heterocycles. The summed E-state index contributed by atoms with van der Waals surface area (Å²) in [6.45, 7) is 4.22. The Morgan fingerprint density at radius 3 is 2.09 bits per heavy atom. The number of benzene rings is 2. The van der Waals surface area contributed by atoms with Gasteiger partial charge in [-0.3, -0.25) is 4.79 Å². The Kier molecular flexibility index (Phi) is 7.93. The maximum absolute atomic E-state index is 12.9. The zero-order chi connectivity index (χ0) is 24.0. The first-order valence-electron chi connectivity index (χ1n) is 10.8. The largest absolute Gasteiger partial charge is 0.497 e. The Labute approximate surface area is 194 Å². The van der Waals surface area contributed by atoms with E-state index in [1.54, 1.807) is 36.4 Å². The lowest BCUT2D eigenvalue weighted by Crippen LogP contribution is -2.41. The standard InChI is InChI=1S/C23H30N4O5S/c1-16(2)24-23(29)26-21-7-5-4-6-20(21)25-22(28)17-12-14-27(15-13-17)33(30,31)19-10-8-18(32-3)9-11-19/h4-11,16-17H,12-15H2,1-3H3,(H,25,28)(H2,24,26,29). The van der Waals surface area contributed by atoms with Crippen molar-refractivity contribution in [3.8, 4) is 5.75 Å². The molecule has 2 aromatic carbocycles. The number of methoxy groups -OCH3 is 1. The van der Waals surface area contributed by atoms with Crippen molar-refractivity contribution in [2.75, 3.05) is 30.8 Å². The van der Waals surface area contributed by atoms with Crippen molar-refractivity contribution >= 4 is 33.3 Å². The molecule has 3 N–H and O–H groups in total. The number of urea groups is 1. The summed E-state index contributed by atoms with van der Waals surface area (Å²) in [5.41, 5.74) is 0.984. The number of rotatable bonds is 7. The molecule has 33 heavy (non-hydrogen) atoms. The van der Waals surface area contributed by atoms with Crippen LogP contribution in [-0.4, -0.2) is 50.9 Å². The summed E-state index contributed by atoms with van der Waals surface area (Å²) >= 11 is 0. The minimum absolute atomic E-state index is 0.0221. The van der Waals surface area contributed by atoms with Gasteiger partial charge >= 0.3 is 6.03 Å². The van der Waals surface area contributed by atoms with Crippen LogP contribution in [0.2, 0.25) is 0 Å². The number of para-hydroxylation sites is 2. The predicted molar refractivity (Wildman–Crippen MR) is 127 cm³/mol. The van der Waals surface area contributed by atoms with Crippen molar-refractivity contribution < 1.29 is 22.7 Å². The molecule has 178 valence electrons. The lowest BCUT2D eigenvalue weighted by molar-refractivity contribution is -0.120. The lowest BCUT2D eigenvalue weighted by Gasteiger charge is -2.30. The fraction of sp³-hybridized carbons (Fsp3) is 0.391. The first-order chi connectivity index (χ1) is 15.7. The number of ether oxygens (including phenoxy) is 1. The molecule has 0 saturated carbocycles. The van der Waals surface area contributed by atoms with Gasteiger partial charge in [0.15, 0.2) is 0 Å². The first-order valence-corrected chi connectivity index (χ1v) is 12.3. The Hall–Kier alpha value is -3.11. The maximum Gasteiger partial charge on any atom is 0.319 e. The van der Waals surface area contributed by atoms with Crippen molar-refractivity contribution in [1.29, 1.82) is 0 Å². The highest BCUT2D eigenvalue weighted by Gasteiger charge is 2.32. The summed E-state index contributed by atoms with van der Waals surface area (Å²) in [6, 6.07) is 12.8. The Bertz CT molecular complexity index is 1080. The van der Waals surface area contributed by atoms with E-state index in [9.17, 15) is 18.0 Å². The number of piperidine rings is 1. The van der Waals surface area contributed by atoms with Gasteiger partial charge in [0.2, 0.25) is 15.9 Å². The van der Waals surface area contributed by atoms with E-state index >= 15 is 0 Å². The predicted octanol–water partition coefficient (Wildman–Crippen LogP) is 3.26. The number of hydrogen-bond donors (Lipinski definition) is 3. The smallest absolute Gasteiger partial charge is 0.319 e. The van der Waals surface area contributed by atoms with Crippen molar-refractivity contribution in [3.63, 3.8) is 0 Å². The number of amides is 3. The number of sulfonamides is 1. The third-order valence-corrected chi connectivity index (χ3v) is 7.29. The molecule has 3 rings (SSSR count). The molecular formula is C23H30N4O5S. The third-order valence-electron chi connectivity index (χ3n) is 5.37. The van der Waals surface area contributed by atoms with Gasteiger partial charge in [-0.15, -0.1) is 0 Å². The number of nitrogens with one attached hydrogen (secondary N) is 3. The highest BCUT2D eigenvalue weighted by Crippen LogP contribution is 2.27. The second-order valence-electron chi connectivity index (χ2n) is 8.14. The zero-order valence-electron chi connectivity index (χ0n) is 19.0. The summed E-state index contributed by atoms with van der Waals surface area (Å²) in [5.74, 6) is 0.0562. The van der Waals surface area contributed by atoms with Crippen molar-refractivity contribution in [1.82, 2.24) is 9.62 Å². The van der Waals surface area contributed by atoms with E-state index in [2.05, 4.69) is 16.0 Å². The monoisotopic (exact) mass is 474 g/mol. The van der Waals surface area contributed by atoms with Gasteiger partial charge in [0.05, 0.1) is 23.4 Å². The van der Waals surface area contributed by atoms with Crippen LogP contribution in [-0.2, 0) is 14.8 Å². The van der Waals surface area contributed by atoms with Gasteiger partial charge in [0.1, 0.15) is 5.75 Å². The van der Waals surface area contributed by atoms with Gasteiger partial charge in [0.25, 0.3) is 0 Å². The fourth-order valence-corrected chi connectivity index (χ4v) is 5.08. The summed E-state index contributed by atoms with van der Waals surface area (Å²) in [5, 5.41) is 8.36. The van der Waals surface area contributed by atoms with Crippen LogP contribution in [0, 0.1) is 5.92 Å². The van der Waals surface area contributed by atoms with E-state index in [0.717, 1.165) is 0 Å². The molecule has 0 aromatic heterocycles. The van der Waals surface area contributed by atoms with Crippen molar-refractivity contribution in [2.45, 2.75) is 37.6 Å². The second-order valence-corrected chi connectivity index (χ2v) is 10.1. The van der Waals surface area contributed by atoms with Crippen LogP contribution in [0.1, 0.15) is 26.7 Å². The SMILES string of the molecule is COc1ccc(S(=O)(=O)N2CCC(C(=O)Nc3ccccc3NC(=O)NC(C)C)CC2)cc1. The molecule has 0 radical (unpaired) electrons. The molecule has 9 nitrogen and oxygen atoms in total. The quantitative estimate of drug-likeness (QED) is 0.569. The molecule has 0 atom stereocenters. The molecule has 2 aromatic rings. The van der Waals surface area contributed by atoms with E-state index in [0.29, 0.717) is 30.0 Å². The van der Waals surface area contributed by atoms with Crippen LogP contribution in [0.25, 0.3) is 0 Å².